The van der Waals surface area contributed by atoms with Crippen LogP contribution in [0.3, 0.4) is 0 Å². The summed E-state index contributed by atoms with van der Waals surface area (Å²) in [5, 5.41) is 5.79. The van der Waals surface area contributed by atoms with Crippen LogP contribution >= 0.6 is 0 Å². The van der Waals surface area contributed by atoms with Gasteiger partial charge in [-0.15, -0.1) is 0 Å². The molecule has 23 heavy (non-hydrogen) atoms. The number of likely N-dealkylation sites (N-methyl/N-ethyl adjacent to an activating group) is 1. The number of nitrogens with zero attached hydrogens (tertiary/aromatic N) is 3. The molecule has 0 atom stereocenters. The van der Waals surface area contributed by atoms with Crippen molar-refractivity contribution in [2.75, 3.05) is 59.2 Å². The van der Waals surface area contributed by atoms with Crippen molar-refractivity contribution in [2.24, 2.45) is 0 Å². The van der Waals surface area contributed by atoms with Gasteiger partial charge in [0.1, 0.15) is 0 Å². The van der Waals surface area contributed by atoms with E-state index in [4.69, 9.17) is 0 Å². The molecule has 0 unspecified atom stereocenters. The molecule has 0 aliphatic rings. The molecule has 0 saturated heterocycles. The van der Waals surface area contributed by atoms with Crippen molar-refractivity contribution in [2.45, 2.75) is 34.6 Å². The van der Waals surface area contributed by atoms with Crippen LogP contribution in [0.15, 0.2) is 0 Å². The highest BCUT2D eigenvalue weighted by Crippen LogP contribution is 1.90. The van der Waals surface area contributed by atoms with E-state index in [0.29, 0.717) is 19.9 Å². The number of hydrogen-bond acceptors (Lipinski definition) is 5. The maximum atomic E-state index is 12.0. The lowest BCUT2D eigenvalue weighted by Crippen LogP contribution is -2.46. The van der Waals surface area contributed by atoms with E-state index >= 15 is 0 Å². The van der Waals surface area contributed by atoms with E-state index in [0.717, 1.165) is 26.2 Å². The van der Waals surface area contributed by atoms with Gasteiger partial charge in [0.25, 0.3) is 0 Å². The summed E-state index contributed by atoms with van der Waals surface area (Å²) in [5.74, 6) is -0.0921. The Morgan fingerprint density at radius 2 is 0.913 bits per heavy atom. The van der Waals surface area contributed by atoms with Gasteiger partial charge in [-0.25, -0.2) is 0 Å². The zero-order valence-electron chi connectivity index (χ0n) is 15.5. The van der Waals surface area contributed by atoms with Gasteiger partial charge in [-0.05, 0) is 32.7 Å². The van der Waals surface area contributed by atoms with Crippen molar-refractivity contribution < 1.29 is 9.59 Å². The lowest BCUT2D eigenvalue weighted by Gasteiger charge is -2.23. The number of rotatable bonds is 13. The maximum absolute atomic E-state index is 12.0. The Labute approximate surface area is 141 Å². The zero-order valence-corrected chi connectivity index (χ0v) is 15.5. The van der Waals surface area contributed by atoms with Crippen LogP contribution in [0.4, 0.5) is 0 Å². The molecule has 0 aromatic rings. The Morgan fingerprint density at radius 1 is 0.609 bits per heavy atom. The quantitative estimate of drug-likeness (QED) is 0.471. The Kier molecular flexibility index (Phi) is 12.6. The topological polar surface area (TPSA) is 67.9 Å². The number of carbonyl (C=O) groups is 2. The van der Waals surface area contributed by atoms with Crippen molar-refractivity contribution in [3.05, 3.63) is 0 Å². The van der Waals surface area contributed by atoms with E-state index in [1.54, 1.807) is 0 Å². The Balaban J connectivity index is 4.13. The van der Waals surface area contributed by atoms with Gasteiger partial charge in [0, 0.05) is 0 Å². The minimum absolute atomic E-state index is 0.0460. The first-order valence-corrected chi connectivity index (χ1v) is 8.70. The molecule has 0 aliphatic carbocycles. The Bertz CT molecular complexity index is 300. The summed E-state index contributed by atoms with van der Waals surface area (Å²) >= 11 is 0. The van der Waals surface area contributed by atoms with E-state index in [9.17, 15) is 9.59 Å². The largest absolute Gasteiger partial charge is 0.342 e. The van der Waals surface area contributed by atoms with E-state index in [1.807, 2.05) is 11.8 Å². The molecular weight excluding hydrogens is 294 g/mol. The second-order valence-corrected chi connectivity index (χ2v) is 5.43. The van der Waals surface area contributed by atoms with Crippen LogP contribution in [0.25, 0.3) is 0 Å². The van der Waals surface area contributed by atoms with Crippen LogP contribution < -0.4 is 10.6 Å². The lowest BCUT2D eigenvalue weighted by molar-refractivity contribution is -0.125. The summed E-state index contributed by atoms with van der Waals surface area (Å²) in [6.07, 6.45) is 0. The van der Waals surface area contributed by atoms with E-state index in [1.165, 1.54) is 0 Å². The Hall–Kier alpha value is -1.18. The molecule has 0 rings (SSSR count). The smallest absolute Gasteiger partial charge is 0.235 e. The molecule has 2 amide bonds. The van der Waals surface area contributed by atoms with Crippen LogP contribution in [0.2, 0.25) is 0 Å². The van der Waals surface area contributed by atoms with Gasteiger partial charge < -0.3 is 10.6 Å². The summed E-state index contributed by atoms with van der Waals surface area (Å²) in [7, 11) is 0. The fraction of sp³-hybridized carbons (Fsp3) is 0.875. The highest BCUT2D eigenvalue weighted by Gasteiger charge is 2.13. The van der Waals surface area contributed by atoms with Gasteiger partial charge >= 0.3 is 0 Å². The van der Waals surface area contributed by atoms with Crippen molar-refractivity contribution >= 4 is 11.8 Å². The monoisotopic (exact) mass is 329 g/mol. The first kappa shape index (κ1) is 21.8. The molecule has 0 aromatic heterocycles. The summed E-state index contributed by atoms with van der Waals surface area (Å²) in [6.45, 7) is 16.1. The molecule has 0 radical (unpaired) electrons. The fourth-order valence-electron chi connectivity index (χ4n) is 2.09. The molecule has 2 N–H and O–H groups in total. The normalized spacial score (nSPS) is 11.3. The van der Waals surface area contributed by atoms with Crippen LogP contribution in [-0.2, 0) is 9.59 Å². The van der Waals surface area contributed by atoms with Gasteiger partial charge in [0.15, 0.2) is 0 Å². The Morgan fingerprint density at radius 3 is 1.17 bits per heavy atom. The molecule has 0 spiro atoms. The molecule has 0 saturated carbocycles. The van der Waals surface area contributed by atoms with Crippen molar-refractivity contribution in [1.29, 1.82) is 0 Å². The van der Waals surface area contributed by atoms with Crippen LogP contribution in [0.5, 0.6) is 0 Å². The number of carbonyl (C=O) groups excluding carboxylic acids is 2. The predicted molar refractivity (Wildman–Crippen MR) is 94.0 cm³/mol. The number of hydrogen-bond donors (Lipinski definition) is 2. The van der Waals surface area contributed by atoms with Crippen LogP contribution in [0, 0.1) is 0 Å². The maximum Gasteiger partial charge on any atom is 0.235 e. The molecule has 136 valence electrons. The molecule has 0 bridgehead atoms. The number of amides is 2. The molecule has 7 heteroatoms. The highest BCUT2D eigenvalue weighted by molar-refractivity contribution is 5.81. The van der Waals surface area contributed by atoms with E-state index in [-0.39, 0.29) is 24.9 Å². The molecule has 0 aliphatic heterocycles. The average molecular weight is 329 g/mol. The van der Waals surface area contributed by atoms with Gasteiger partial charge in [-0.2, -0.15) is 0 Å². The van der Waals surface area contributed by atoms with E-state index < -0.39 is 0 Å². The minimum atomic E-state index is -0.0460. The zero-order chi connectivity index (χ0) is 17.7. The summed E-state index contributed by atoms with van der Waals surface area (Å²) in [6, 6.07) is 0. The van der Waals surface area contributed by atoms with Crippen molar-refractivity contribution in [3.63, 3.8) is 0 Å². The molecule has 0 fully saturated rings. The van der Waals surface area contributed by atoms with E-state index in [2.05, 4.69) is 48.1 Å². The third-order valence-corrected chi connectivity index (χ3v) is 3.97. The summed E-state index contributed by atoms with van der Waals surface area (Å²) in [4.78, 5) is 30.0. The second kappa shape index (κ2) is 13.3. The molecule has 0 heterocycles. The number of nitrogens with one attached hydrogen (secondary N) is 2. The summed E-state index contributed by atoms with van der Waals surface area (Å²) in [5.41, 5.74) is 0. The van der Waals surface area contributed by atoms with Gasteiger partial charge in [0.2, 0.25) is 11.8 Å². The van der Waals surface area contributed by atoms with Crippen LogP contribution in [-0.4, -0.2) is 85.7 Å². The van der Waals surface area contributed by atoms with Gasteiger partial charge in [-0.3, -0.25) is 24.3 Å². The van der Waals surface area contributed by atoms with Crippen molar-refractivity contribution in [1.82, 2.24) is 25.3 Å². The SMILES string of the molecule is CCN(CC)CNC(=O)CN(CC)CC(=O)NCN(CC)CC. The van der Waals surface area contributed by atoms with Crippen molar-refractivity contribution in [3.8, 4) is 0 Å². The average Bonchev–Trinajstić information content (AvgIpc) is 2.56. The molecule has 0 aromatic carbocycles. The molecular formula is C16H35N5O2. The van der Waals surface area contributed by atoms with Gasteiger partial charge in [0.05, 0.1) is 26.4 Å². The lowest BCUT2D eigenvalue weighted by atomic mass is 10.4. The van der Waals surface area contributed by atoms with Gasteiger partial charge in [-0.1, -0.05) is 34.6 Å². The highest BCUT2D eigenvalue weighted by atomic mass is 16.2. The second-order valence-electron chi connectivity index (χ2n) is 5.43. The fourth-order valence-corrected chi connectivity index (χ4v) is 2.09. The third kappa shape index (κ3) is 10.3. The van der Waals surface area contributed by atoms with Crippen LogP contribution in [0.1, 0.15) is 34.6 Å². The third-order valence-electron chi connectivity index (χ3n) is 3.97. The predicted octanol–water partition coefficient (Wildman–Crippen LogP) is 0.139. The first-order chi connectivity index (χ1) is 11.0. The standard InChI is InChI=1S/C16H35N5O2/c1-6-19(7-2)13-17-15(22)11-21(10-5)12-16(23)18-14-20(8-3)9-4/h6-14H2,1-5H3,(H,17,22)(H,18,23). The summed E-state index contributed by atoms with van der Waals surface area (Å²) < 4.78 is 0. The molecule has 7 nitrogen and oxygen atoms in total. The first-order valence-electron chi connectivity index (χ1n) is 8.70. The minimum Gasteiger partial charge on any atom is -0.342 e.